The molecule has 0 heterocycles. The van der Waals surface area contributed by atoms with Crippen LogP contribution in [0.25, 0.3) is 0 Å². The van der Waals surface area contributed by atoms with E-state index >= 15 is 0 Å². The Morgan fingerprint density at radius 2 is 1.43 bits per heavy atom. The van der Waals surface area contributed by atoms with Crippen molar-refractivity contribution in [1.29, 1.82) is 0 Å². The van der Waals surface area contributed by atoms with E-state index in [1.165, 1.54) is 0 Å². The Hall–Kier alpha value is -1.79. The Kier molecular flexibility index (Phi) is 6.66. The van der Waals surface area contributed by atoms with Gasteiger partial charge in [-0.1, -0.05) is 0 Å². The highest BCUT2D eigenvalue weighted by molar-refractivity contribution is 5.78. The minimum absolute atomic E-state index is 0.0333. The van der Waals surface area contributed by atoms with E-state index in [0.29, 0.717) is 0 Å². The van der Waals surface area contributed by atoms with Gasteiger partial charge in [-0.25, -0.2) is 4.79 Å². The summed E-state index contributed by atoms with van der Waals surface area (Å²) in [6.07, 6.45) is -0.796. The van der Waals surface area contributed by atoms with Gasteiger partial charge in [0.1, 0.15) is 11.2 Å². The van der Waals surface area contributed by atoms with E-state index in [4.69, 9.17) is 14.6 Å². The monoisotopic (exact) mass is 304 g/mol. The van der Waals surface area contributed by atoms with Gasteiger partial charge in [0.15, 0.2) is 6.54 Å². The average Bonchev–Trinajstić information content (AvgIpc) is 2.18. The van der Waals surface area contributed by atoms with Gasteiger partial charge in [0.05, 0.1) is 6.42 Å². The second-order valence-corrected chi connectivity index (χ2v) is 6.66. The number of amides is 1. The molecule has 0 aliphatic rings. The van der Waals surface area contributed by atoms with Crippen LogP contribution < -0.4 is 0 Å². The molecule has 0 aromatic rings. The predicted octanol–water partition coefficient (Wildman–Crippen LogP) is 1.21. The third-order valence-corrected chi connectivity index (χ3v) is 1.99. The van der Waals surface area contributed by atoms with E-state index in [0.717, 1.165) is 4.90 Å². The molecule has 0 saturated heterocycles. The molecule has 0 aliphatic heterocycles. The molecule has 0 aromatic heterocycles. The molecule has 0 aromatic carbocycles. The summed E-state index contributed by atoms with van der Waals surface area (Å²) < 4.78 is 10.3. The lowest BCUT2D eigenvalue weighted by atomic mass is 10.2. The Morgan fingerprint density at radius 3 is 1.81 bits per heavy atom. The van der Waals surface area contributed by atoms with Crippen molar-refractivity contribution in [1.82, 2.24) is 4.90 Å². The number of hydrogen-bond acceptors (Lipinski definition) is 5. The maximum absolute atomic E-state index is 11.9. The normalized spacial score (nSPS) is 11.7. The molecule has 122 valence electrons. The molecule has 0 saturated carbocycles. The van der Waals surface area contributed by atoms with Gasteiger partial charge in [0.2, 0.25) is 0 Å². The molecule has 0 atom stereocenters. The molecule has 0 bridgehead atoms. The Morgan fingerprint density at radius 1 is 0.952 bits per heavy atom. The van der Waals surface area contributed by atoms with Crippen molar-refractivity contribution >= 4 is 18.0 Å². The van der Waals surface area contributed by atoms with Gasteiger partial charge in [-0.2, -0.15) is 0 Å². The molecule has 1 amide bonds. The lowest BCUT2D eigenvalue weighted by Crippen LogP contribution is -2.41. The fraction of sp³-hybridized carbons (Fsp3) is 0.786. The standard InChI is InChI=1S/C14H25NO6/c1-13(2,3)20-11(18)7-8-15(9-10(16)17)12(19)21-14(4,5)6/h7-9H2,1-6H3,(H,16,17)/p+1. The van der Waals surface area contributed by atoms with Gasteiger partial charge in [0, 0.05) is 11.3 Å². The van der Waals surface area contributed by atoms with Gasteiger partial charge < -0.3 is 14.6 Å². The molecule has 21 heavy (non-hydrogen) atoms. The van der Waals surface area contributed by atoms with Crippen LogP contribution in [0.1, 0.15) is 48.0 Å². The van der Waals surface area contributed by atoms with Gasteiger partial charge >= 0.3 is 18.0 Å². The minimum atomic E-state index is -0.926. The zero-order valence-corrected chi connectivity index (χ0v) is 13.6. The molecule has 0 fully saturated rings. The second-order valence-electron chi connectivity index (χ2n) is 6.66. The minimum Gasteiger partial charge on any atom is -0.563 e. The zero-order valence-electron chi connectivity index (χ0n) is 13.6. The summed E-state index contributed by atoms with van der Waals surface area (Å²) in [7, 11) is 0. The lowest BCUT2D eigenvalue weighted by Gasteiger charge is -2.26. The highest BCUT2D eigenvalue weighted by Gasteiger charge is 2.27. The smallest absolute Gasteiger partial charge is 0.535 e. The van der Waals surface area contributed by atoms with Crippen LogP contribution in [0.5, 0.6) is 0 Å². The summed E-state index contributed by atoms with van der Waals surface area (Å²) in [5.41, 5.74) is -1.33. The summed E-state index contributed by atoms with van der Waals surface area (Å²) in [5.74, 6) is -1.40. The second kappa shape index (κ2) is 7.28. The van der Waals surface area contributed by atoms with Crippen LogP contribution in [0.3, 0.4) is 0 Å². The fourth-order valence-electron chi connectivity index (χ4n) is 1.35. The summed E-state index contributed by atoms with van der Waals surface area (Å²) in [5, 5.41) is 6.96. The molecule has 0 radical (unpaired) electrons. The summed E-state index contributed by atoms with van der Waals surface area (Å²) in [6, 6.07) is 0. The molecule has 0 spiro atoms. The number of nitrogens with zero attached hydrogens (tertiary/aromatic N) is 1. The Bertz CT molecular complexity index is 391. The molecule has 0 aliphatic carbocycles. The first-order chi connectivity index (χ1) is 9.30. The highest BCUT2D eigenvalue weighted by Crippen LogP contribution is 2.12. The van der Waals surface area contributed by atoms with Crippen LogP contribution in [0, 0.1) is 0 Å². The van der Waals surface area contributed by atoms with Crippen LogP contribution >= 0.6 is 0 Å². The van der Waals surface area contributed by atoms with Gasteiger partial charge in [-0.3, -0.25) is 9.69 Å². The maximum atomic E-state index is 11.9. The van der Waals surface area contributed by atoms with Crippen molar-refractivity contribution in [3.05, 3.63) is 0 Å². The number of carbonyl (C=O) groups is 3. The van der Waals surface area contributed by atoms with E-state index in [1.807, 2.05) is 0 Å². The number of ether oxygens (including phenoxy) is 2. The van der Waals surface area contributed by atoms with Crippen LogP contribution in [0.15, 0.2) is 0 Å². The summed E-state index contributed by atoms with van der Waals surface area (Å²) in [4.78, 5) is 35.5. The molecule has 2 N–H and O–H groups in total. The summed E-state index contributed by atoms with van der Waals surface area (Å²) >= 11 is 0. The Labute approximate surface area is 125 Å². The van der Waals surface area contributed by atoms with Crippen molar-refractivity contribution in [2.24, 2.45) is 0 Å². The van der Waals surface area contributed by atoms with E-state index in [9.17, 15) is 14.4 Å². The van der Waals surface area contributed by atoms with Crippen molar-refractivity contribution < 1.29 is 29.0 Å². The number of hydrogen-bond donors (Lipinski definition) is 0. The van der Waals surface area contributed by atoms with Crippen molar-refractivity contribution in [2.75, 3.05) is 13.1 Å². The fourth-order valence-corrected chi connectivity index (χ4v) is 1.35. The molecule has 0 rings (SSSR count). The Balaban J connectivity index is 4.60. The van der Waals surface area contributed by atoms with Gasteiger partial charge in [0.25, 0.3) is 0 Å². The number of rotatable bonds is 5. The van der Waals surface area contributed by atoms with Crippen LogP contribution in [-0.2, 0) is 19.1 Å². The van der Waals surface area contributed by atoms with Crippen LogP contribution in [-0.4, -0.2) is 52.3 Å². The van der Waals surface area contributed by atoms with Crippen LogP contribution in [0.4, 0.5) is 4.79 Å². The van der Waals surface area contributed by atoms with Gasteiger partial charge in [-0.15, -0.1) is 0 Å². The van der Waals surface area contributed by atoms with E-state index < -0.39 is 35.8 Å². The topological polar surface area (TPSA) is 95.8 Å². The van der Waals surface area contributed by atoms with Crippen molar-refractivity contribution in [3.8, 4) is 0 Å². The SMILES string of the molecule is CC(C)(C)OC(=O)CCN(CC(=O)[OH2+])C(=O)OC(C)(C)C. The number of carbonyl (C=O) groups excluding carboxylic acids is 3. The largest absolute Gasteiger partial charge is 0.563 e. The predicted molar refractivity (Wildman–Crippen MR) is 76.9 cm³/mol. The first-order valence-electron chi connectivity index (χ1n) is 6.74. The van der Waals surface area contributed by atoms with Crippen molar-refractivity contribution in [3.63, 3.8) is 0 Å². The van der Waals surface area contributed by atoms with Gasteiger partial charge in [-0.05, 0) is 41.5 Å². The average molecular weight is 304 g/mol. The lowest BCUT2D eigenvalue weighted by molar-refractivity contribution is -0.155. The third kappa shape index (κ3) is 10.6. The first-order valence-corrected chi connectivity index (χ1v) is 6.74. The molecule has 7 nitrogen and oxygen atoms in total. The van der Waals surface area contributed by atoms with Crippen LogP contribution in [0.2, 0.25) is 0 Å². The number of esters is 1. The first kappa shape index (κ1) is 19.2. The molecule has 7 heteroatoms. The molecule has 0 unspecified atom stereocenters. The highest BCUT2D eigenvalue weighted by atomic mass is 16.6. The summed E-state index contributed by atoms with van der Waals surface area (Å²) in [6.45, 7) is 9.85. The van der Waals surface area contributed by atoms with E-state index in [2.05, 4.69) is 0 Å². The van der Waals surface area contributed by atoms with Crippen molar-refractivity contribution in [2.45, 2.75) is 59.2 Å². The zero-order chi connectivity index (χ0) is 16.8. The van der Waals surface area contributed by atoms with E-state index in [-0.39, 0.29) is 13.0 Å². The van der Waals surface area contributed by atoms with E-state index in [1.54, 1.807) is 41.5 Å². The molecular weight excluding hydrogens is 278 g/mol. The quantitative estimate of drug-likeness (QED) is 0.562. The third-order valence-electron chi connectivity index (χ3n) is 1.99. The maximum Gasteiger partial charge on any atom is 0.535 e. The molecular formula is C14H26NO6+.